The Morgan fingerprint density at radius 1 is 1.12 bits per heavy atom. The van der Waals surface area contributed by atoms with Crippen molar-refractivity contribution in [2.75, 3.05) is 25.0 Å². The van der Waals surface area contributed by atoms with Crippen LogP contribution in [0.15, 0.2) is 60.7 Å². The van der Waals surface area contributed by atoms with Gasteiger partial charge in [0.15, 0.2) is 0 Å². The van der Waals surface area contributed by atoms with Gasteiger partial charge in [0.05, 0.1) is 4.92 Å². The SMILES string of the molecule is O=C(CCNc1ccccc1[N+](=O)[O-])N1CC=C(c2ccccc2)CC1. The van der Waals surface area contributed by atoms with Gasteiger partial charge in [0.2, 0.25) is 5.91 Å². The molecule has 0 bridgehead atoms. The number of carbonyl (C=O) groups excluding carboxylic acids is 1. The fourth-order valence-corrected chi connectivity index (χ4v) is 3.05. The maximum absolute atomic E-state index is 12.4. The molecule has 6 nitrogen and oxygen atoms in total. The van der Waals surface area contributed by atoms with Gasteiger partial charge in [0, 0.05) is 32.1 Å². The monoisotopic (exact) mass is 351 g/mol. The Hall–Kier alpha value is -3.15. The Labute approximate surface area is 152 Å². The van der Waals surface area contributed by atoms with Crippen molar-refractivity contribution < 1.29 is 9.72 Å². The van der Waals surface area contributed by atoms with E-state index in [2.05, 4.69) is 23.5 Å². The molecule has 0 aliphatic carbocycles. The van der Waals surface area contributed by atoms with Crippen LogP contribution in [0.1, 0.15) is 18.4 Å². The number of rotatable bonds is 6. The van der Waals surface area contributed by atoms with Gasteiger partial charge in [-0.25, -0.2) is 0 Å². The maximum Gasteiger partial charge on any atom is 0.292 e. The van der Waals surface area contributed by atoms with Gasteiger partial charge in [0.25, 0.3) is 5.69 Å². The van der Waals surface area contributed by atoms with Crippen molar-refractivity contribution >= 4 is 22.9 Å². The molecule has 2 aromatic rings. The number of anilines is 1. The van der Waals surface area contributed by atoms with E-state index < -0.39 is 4.92 Å². The molecule has 0 saturated heterocycles. The molecular weight excluding hydrogens is 330 g/mol. The summed E-state index contributed by atoms with van der Waals surface area (Å²) in [5, 5.41) is 14.0. The standard InChI is InChI=1S/C20H21N3O3/c24-20(10-13-21-18-8-4-5-9-19(18)23(25)26)22-14-11-17(12-15-22)16-6-2-1-3-7-16/h1-9,11,21H,10,12-15H2. The zero-order valence-corrected chi connectivity index (χ0v) is 14.4. The van der Waals surface area contributed by atoms with Gasteiger partial charge < -0.3 is 10.2 Å². The molecule has 3 rings (SSSR count). The van der Waals surface area contributed by atoms with Crippen LogP contribution < -0.4 is 5.32 Å². The molecule has 0 aromatic heterocycles. The smallest absolute Gasteiger partial charge is 0.292 e. The molecule has 0 unspecified atom stereocenters. The molecule has 0 fully saturated rings. The van der Waals surface area contributed by atoms with E-state index in [1.54, 1.807) is 18.2 Å². The molecule has 2 aromatic carbocycles. The predicted molar refractivity (Wildman–Crippen MR) is 102 cm³/mol. The number of benzene rings is 2. The Morgan fingerprint density at radius 2 is 1.85 bits per heavy atom. The van der Waals surface area contributed by atoms with Crippen molar-refractivity contribution in [2.45, 2.75) is 12.8 Å². The first-order valence-corrected chi connectivity index (χ1v) is 8.64. The topological polar surface area (TPSA) is 75.5 Å². The number of carbonyl (C=O) groups is 1. The van der Waals surface area contributed by atoms with Gasteiger partial charge in [-0.1, -0.05) is 48.5 Å². The van der Waals surface area contributed by atoms with Crippen molar-refractivity contribution in [1.29, 1.82) is 0 Å². The van der Waals surface area contributed by atoms with E-state index in [0.717, 1.165) is 6.42 Å². The molecular formula is C20H21N3O3. The first-order valence-electron chi connectivity index (χ1n) is 8.64. The highest BCUT2D eigenvalue weighted by atomic mass is 16.6. The summed E-state index contributed by atoms with van der Waals surface area (Å²) in [6.45, 7) is 1.68. The van der Waals surface area contributed by atoms with E-state index in [1.165, 1.54) is 17.2 Å². The average Bonchev–Trinajstić information content (AvgIpc) is 2.69. The second kappa shape index (κ2) is 8.29. The van der Waals surface area contributed by atoms with Crippen LogP contribution in [0.5, 0.6) is 0 Å². The summed E-state index contributed by atoms with van der Waals surface area (Å²) in [6.07, 6.45) is 3.25. The van der Waals surface area contributed by atoms with Crippen molar-refractivity contribution in [2.24, 2.45) is 0 Å². The summed E-state index contributed by atoms with van der Waals surface area (Å²) >= 11 is 0. The van der Waals surface area contributed by atoms with E-state index in [9.17, 15) is 14.9 Å². The highest BCUT2D eigenvalue weighted by Gasteiger charge is 2.18. The maximum atomic E-state index is 12.4. The largest absolute Gasteiger partial charge is 0.379 e. The van der Waals surface area contributed by atoms with Crippen LogP contribution in [-0.2, 0) is 4.79 Å². The molecule has 26 heavy (non-hydrogen) atoms. The molecule has 1 aliphatic rings. The summed E-state index contributed by atoms with van der Waals surface area (Å²) in [5.41, 5.74) is 2.94. The first kappa shape index (κ1) is 17.7. The molecule has 0 radical (unpaired) electrons. The first-order chi connectivity index (χ1) is 12.6. The molecule has 0 saturated carbocycles. The van der Waals surface area contributed by atoms with Crippen molar-refractivity contribution in [1.82, 2.24) is 4.90 Å². The van der Waals surface area contributed by atoms with Crippen LogP contribution in [0, 0.1) is 10.1 Å². The number of para-hydroxylation sites is 2. The van der Waals surface area contributed by atoms with E-state index in [0.29, 0.717) is 31.7 Å². The summed E-state index contributed by atoms with van der Waals surface area (Å²) in [5.74, 6) is 0.0550. The van der Waals surface area contributed by atoms with Crippen LogP contribution in [0.2, 0.25) is 0 Å². The highest BCUT2D eigenvalue weighted by molar-refractivity contribution is 5.79. The number of nitrogens with zero attached hydrogens (tertiary/aromatic N) is 2. The molecule has 1 aliphatic heterocycles. The zero-order valence-electron chi connectivity index (χ0n) is 14.4. The third kappa shape index (κ3) is 4.27. The lowest BCUT2D eigenvalue weighted by atomic mass is 9.99. The normalized spacial score (nSPS) is 13.8. The van der Waals surface area contributed by atoms with Crippen LogP contribution in [0.25, 0.3) is 5.57 Å². The number of nitro benzene ring substituents is 1. The van der Waals surface area contributed by atoms with Crippen molar-refractivity contribution in [3.8, 4) is 0 Å². The van der Waals surface area contributed by atoms with Crippen LogP contribution >= 0.6 is 0 Å². The number of hydrogen-bond acceptors (Lipinski definition) is 4. The Balaban J connectivity index is 1.51. The van der Waals surface area contributed by atoms with E-state index in [4.69, 9.17) is 0 Å². The average molecular weight is 351 g/mol. The van der Waals surface area contributed by atoms with Gasteiger partial charge >= 0.3 is 0 Å². The molecule has 0 spiro atoms. The molecule has 134 valence electrons. The fraction of sp³-hybridized carbons (Fsp3) is 0.250. The predicted octanol–water partition coefficient (Wildman–Crippen LogP) is 3.71. The molecule has 1 amide bonds. The lowest BCUT2D eigenvalue weighted by Gasteiger charge is -2.27. The number of amides is 1. The van der Waals surface area contributed by atoms with Crippen molar-refractivity contribution in [3.05, 3.63) is 76.4 Å². The highest BCUT2D eigenvalue weighted by Crippen LogP contribution is 2.24. The Bertz CT molecular complexity index is 818. The summed E-state index contributed by atoms with van der Waals surface area (Å²) < 4.78 is 0. The van der Waals surface area contributed by atoms with Gasteiger partial charge in [0.1, 0.15) is 5.69 Å². The van der Waals surface area contributed by atoms with Crippen molar-refractivity contribution in [3.63, 3.8) is 0 Å². The van der Waals surface area contributed by atoms with E-state index in [1.807, 2.05) is 23.1 Å². The second-order valence-electron chi connectivity index (χ2n) is 6.14. The zero-order chi connectivity index (χ0) is 18.4. The third-order valence-corrected chi connectivity index (χ3v) is 4.46. The fourth-order valence-electron chi connectivity index (χ4n) is 3.05. The molecule has 0 atom stereocenters. The molecule has 1 heterocycles. The van der Waals surface area contributed by atoms with Gasteiger partial charge in [-0.15, -0.1) is 0 Å². The number of hydrogen-bond donors (Lipinski definition) is 1. The summed E-state index contributed by atoms with van der Waals surface area (Å²) in [4.78, 5) is 24.8. The Kier molecular flexibility index (Phi) is 5.63. The number of nitrogens with one attached hydrogen (secondary N) is 1. The second-order valence-corrected chi connectivity index (χ2v) is 6.14. The minimum Gasteiger partial charge on any atom is -0.379 e. The van der Waals surface area contributed by atoms with Crippen LogP contribution in [0.3, 0.4) is 0 Å². The number of nitro groups is 1. The van der Waals surface area contributed by atoms with Crippen LogP contribution in [-0.4, -0.2) is 35.4 Å². The molecule has 6 heteroatoms. The Morgan fingerprint density at radius 3 is 2.54 bits per heavy atom. The summed E-state index contributed by atoms with van der Waals surface area (Å²) in [6, 6.07) is 16.6. The molecule has 1 N–H and O–H groups in total. The summed E-state index contributed by atoms with van der Waals surface area (Å²) in [7, 11) is 0. The lowest BCUT2D eigenvalue weighted by Crippen LogP contribution is -2.35. The minimum absolute atomic E-state index is 0.0216. The van der Waals surface area contributed by atoms with Gasteiger partial charge in [-0.3, -0.25) is 14.9 Å². The van der Waals surface area contributed by atoms with Gasteiger partial charge in [-0.05, 0) is 23.6 Å². The van der Waals surface area contributed by atoms with E-state index in [-0.39, 0.29) is 11.6 Å². The van der Waals surface area contributed by atoms with E-state index >= 15 is 0 Å². The lowest BCUT2D eigenvalue weighted by molar-refractivity contribution is -0.384. The minimum atomic E-state index is -0.426. The quantitative estimate of drug-likeness (QED) is 0.636. The third-order valence-electron chi connectivity index (χ3n) is 4.46. The van der Waals surface area contributed by atoms with Crippen LogP contribution in [0.4, 0.5) is 11.4 Å². The van der Waals surface area contributed by atoms with Gasteiger partial charge in [-0.2, -0.15) is 0 Å².